The molecule has 36 heavy (non-hydrogen) atoms. The highest BCUT2D eigenvalue weighted by Crippen LogP contribution is 2.32. The van der Waals surface area contributed by atoms with Gasteiger partial charge in [-0.05, 0) is 25.1 Å². The number of aryl methyl sites for hydroxylation is 1. The van der Waals surface area contributed by atoms with Gasteiger partial charge in [0.2, 0.25) is 11.8 Å². The van der Waals surface area contributed by atoms with Gasteiger partial charge in [0.05, 0.1) is 17.8 Å². The molecule has 0 aliphatic heterocycles. The van der Waals surface area contributed by atoms with E-state index in [2.05, 4.69) is 20.4 Å². The zero-order valence-corrected chi connectivity index (χ0v) is 20.9. The van der Waals surface area contributed by atoms with E-state index in [0.29, 0.717) is 22.7 Å². The van der Waals surface area contributed by atoms with E-state index in [-0.39, 0.29) is 40.7 Å². The lowest BCUT2D eigenvalue weighted by atomic mass is 9.93. The van der Waals surface area contributed by atoms with Gasteiger partial charge in [-0.25, -0.2) is 19.2 Å². The second-order valence-electron chi connectivity index (χ2n) is 9.51. The summed E-state index contributed by atoms with van der Waals surface area (Å²) in [5, 5.41) is 6.81. The number of rotatable bonds is 5. The van der Waals surface area contributed by atoms with Gasteiger partial charge in [-0.3, -0.25) is 14.7 Å². The first-order chi connectivity index (χ1) is 16.9. The molecule has 4 rings (SSSR count). The molecule has 1 aromatic carbocycles. The summed E-state index contributed by atoms with van der Waals surface area (Å²) in [7, 11) is 1.65. The van der Waals surface area contributed by atoms with Crippen molar-refractivity contribution in [1.29, 1.82) is 0 Å². The Balaban J connectivity index is 1.58. The molecule has 1 N–H and O–H groups in total. The van der Waals surface area contributed by atoms with Crippen molar-refractivity contribution in [3.63, 3.8) is 0 Å². The molecule has 0 unspecified atom stereocenters. The van der Waals surface area contributed by atoms with E-state index in [1.165, 1.54) is 34.9 Å². The number of ether oxygens (including phenoxy) is 1. The van der Waals surface area contributed by atoms with E-state index < -0.39 is 11.8 Å². The average Bonchev–Trinajstić information content (AvgIpc) is 3.40. The van der Waals surface area contributed by atoms with Crippen LogP contribution in [-0.4, -0.2) is 43.6 Å². The van der Waals surface area contributed by atoms with Crippen molar-refractivity contribution >= 4 is 28.7 Å². The van der Waals surface area contributed by atoms with Gasteiger partial charge >= 0.3 is 6.03 Å². The highest BCUT2D eigenvalue weighted by atomic mass is 19.1. The van der Waals surface area contributed by atoms with Gasteiger partial charge in [0.15, 0.2) is 17.4 Å². The number of aromatic nitrogens is 4. The fourth-order valence-electron chi connectivity index (χ4n) is 3.55. The van der Waals surface area contributed by atoms with Gasteiger partial charge in [0.25, 0.3) is 0 Å². The second-order valence-corrected chi connectivity index (χ2v) is 9.51. The third kappa shape index (κ3) is 5.04. The van der Waals surface area contributed by atoms with Crippen LogP contribution in [0.4, 0.5) is 15.0 Å². The Labute approximate surface area is 207 Å². The van der Waals surface area contributed by atoms with Crippen LogP contribution in [0.1, 0.15) is 44.8 Å². The van der Waals surface area contributed by atoms with Crippen LogP contribution in [0.15, 0.2) is 41.2 Å². The molecule has 3 aromatic heterocycles. The fourth-order valence-corrected chi connectivity index (χ4v) is 3.55. The number of amides is 2. The first-order valence-electron chi connectivity index (χ1n) is 11.2. The summed E-state index contributed by atoms with van der Waals surface area (Å²) in [4.78, 5) is 34.1. The van der Waals surface area contributed by atoms with Crippen LogP contribution in [0, 0.1) is 12.7 Å². The monoisotopic (exact) mass is 494 g/mol. The van der Waals surface area contributed by atoms with Crippen LogP contribution in [0.25, 0.3) is 10.9 Å². The van der Waals surface area contributed by atoms with E-state index in [4.69, 9.17) is 9.26 Å². The SMILES string of the molecule is CC(=O)N(C)Cc1cc(Oc2ccc3c(cc(C)n3C(=O)Nc3cc(C(C)(C)C)on3)c2F)ncn1. The van der Waals surface area contributed by atoms with E-state index in [1.54, 1.807) is 32.2 Å². The topological polar surface area (TPSA) is 115 Å². The minimum Gasteiger partial charge on any atom is -0.436 e. The van der Waals surface area contributed by atoms with Crippen LogP contribution < -0.4 is 10.1 Å². The Morgan fingerprint density at radius 3 is 2.61 bits per heavy atom. The highest BCUT2D eigenvalue weighted by molar-refractivity contribution is 5.99. The first kappa shape index (κ1) is 24.8. The molecular weight excluding hydrogens is 467 g/mol. The Morgan fingerprint density at radius 2 is 1.94 bits per heavy atom. The number of carbonyl (C=O) groups is 2. The van der Waals surface area contributed by atoms with Gasteiger partial charge in [-0.15, -0.1) is 0 Å². The number of nitrogens with one attached hydrogen (secondary N) is 1. The normalized spacial score (nSPS) is 11.5. The predicted octanol–water partition coefficient (Wildman–Crippen LogP) is 5.02. The van der Waals surface area contributed by atoms with Gasteiger partial charge in [-0.1, -0.05) is 25.9 Å². The number of carbonyl (C=O) groups excluding carboxylic acids is 2. The molecule has 0 saturated heterocycles. The van der Waals surface area contributed by atoms with E-state index in [1.807, 2.05) is 20.8 Å². The Hall–Kier alpha value is -4.28. The molecule has 188 valence electrons. The summed E-state index contributed by atoms with van der Waals surface area (Å²) >= 11 is 0. The number of benzene rings is 1. The largest absolute Gasteiger partial charge is 0.436 e. The third-order valence-corrected chi connectivity index (χ3v) is 5.61. The Kier molecular flexibility index (Phi) is 6.49. The number of anilines is 1. The number of fused-ring (bicyclic) bond motifs is 1. The van der Waals surface area contributed by atoms with Crippen molar-refractivity contribution in [1.82, 2.24) is 24.6 Å². The molecule has 2 amide bonds. The Bertz CT molecular complexity index is 1450. The van der Waals surface area contributed by atoms with E-state index in [0.717, 1.165) is 0 Å². The van der Waals surface area contributed by atoms with Crippen LogP contribution in [0.3, 0.4) is 0 Å². The molecule has 0 aliphatic rings. The van der Waals surface area contributed by atoms with E-state index >= 15 is 4.39 Å². The van der Waals surface area contributed by atoms with Gasteiger partial charge in [0, 0.05) is 42.6 Å². The molecule has 11 heteroatoms. The van der Waals surface area contributed by atoms with Crippen LogP contribution in [0.5, 0.6) is 11.6 Å². The number of hydrogen-bond donors (Lipinski definition) is 1. The quantitative estimate of drug-likeness (QED) is 0.414. The lowest BCUT2D eigenvalue weighted by Crippen LogP contribution is -2.23. The first-order valence-corrected chi connectivity index (χ1v) is 11.2. The fraction of sp³-hybridized carbons (Fsp3) is 0.320. The molecule has 0 aliphatic carbocycles. The zero-order chi connectivity index (χ0) is 26.2. The molecule has 0 bridgehead atoms. The van der Waals surface area contributed by atoms with Crippen LogP contribution in [-0.2, 0) is 16.8 Å². The highest BCUT2D eigenvalue weighted by Gasteiger charge is 2.22. The molecule has 0 saturated carbocycles. The molecule has 0 fully saturated rings. The molecule has 10 nitrogen and oxygen atoms in total. The van der Waals surface area contributed by atoms with Crippen molar-refractivity contribution in [3.8, 4) is 11.6 Å². The average molecular weight is 495 g/mol. The van der Waals surface area contributed by atoms with Gasteiger partial charge in [0.1, 0.15) is 12.1 Å². The summed E-state index contributed by atoms with van der Waals surface area (Å²) in [5.74, 6) is 0.206. The van der Waals surface area contributed by atoms with Crippen molar-refractivity contribution < 1.29 is 23.2 Å². The lowest BCUT2D eigenvalue weighted by molar-refractivity contribution is -0.128. The maximum absolute atomic E-state index is 15.4. The standard InChI is InChI=1S/C25H27FN6O4/c1-14-9-17-18(32(14)24(34)29-21-11-20(36-30-21)25(3,4)5)7-8-19(23(17)26)35-22-10-16(27-13-28-22)12-31(6)15(2)33/h7-11,13H,12H2,1-6H3,(H,29,30,34). The van der Waals surface area contributed by atoms with Crippen molar-refractivity contribution in [2.24, 2.45) is 0 Å². The smallest absolute Gasteiger partial charge is 0.331 e. The van der Waals surface area contributed by atoms with Gasteiger partial charge < -0.3 is 14.2 Å². The molecule has 4 aromatic rings. The minimum atomic E-state index is -0.639. The predicted molar refractivity (Wildman–Crippen MR) is 131 cm³/mol. The summed E-state index contributed by atoms with van der Waals surface area (Å²) in [6.45, 7) is 9.32. The lowest BCUT2D eigenvalue weighted by Gasteiger charge is -2.14. The second kappa shape index (κ2) is 9.40. The molecule has 0 radical (unpaired) electrons. The zero-order valence-electron chi connectivity index (χ0n) is 20.9. The molecular formula is C25H27FN6O4. The number of halogens is 1. The molecule has 3 heterocycles. The maximum atomic E-state index is 15.4. The molecule has 0 atom stereocenters. The third-order valence-electron chi connectivity index (χ3n) is 5.61. The van der Waals surface area contributed by atoms with Crippen molar-refractivity contribution in [2.45, 2.75) is 46.6 Å². The molecule has 0 spiro atoms. The summed E-state index contributed by atoms with van der Waals surface area (Å²) in [6.07, 6.45) is 1.29. The summed E-state index contributed by atoms with van der Waals surface area (Å²) in [6, 6.07) is 7.28. The van der Waals surface area contributed by atoms with Crippen molar-refractivity contribution in [3.05, 3.63) is 59.6 Å². The minimum absolute atomic E-state index is 0.0593. The van der Waals surface area contributed by atoms with Crippen molar-refractivity contribution in [2.75, 3.05) is 12.4 Å². The summed E-state index contributed by atoms with van der Waals surface area (Å²) in [5.41, 5.74) is 1.16. The number of hydrogen-bond acceptors (Lipinski definition) is 7. The maximum Gasteiger partial charge on any atom is 0.331 e. The van der Waals surface area contributed by atoms with E-state index in [9.17, 15) is 9.59 Å². The Morgan fingerprint density at radius 1 is 1.19 bits per heavy atom. The summed E-state index contributed by atoms with van der Waals surface area (Å²) < 4.78 is 27.7. The van der Waals surface area contributed by atoms with Gasteiger partial charge in [-0.2, -0.15) is 0 Å². The van der Waals surface area contributed by atoms with Crippen LogP contribution in [0.2, 0.25) is 0 Å². The number of nitrogens with zero attached hydrogens (tertiary/aromatic N) is 5. The van der Waals surface area contributed by atoms with Crippen LogP contribution >= 0.6 is 0 Å².